The van der Waals surface area contributed by atoms with E-state index in [0.29, 0.717) is 40.3 Å². The summed E-state index contributed by atoms with van der Waals surface area (Å²) in [5.74, 6) is 1.35. The van der Waals surface area contributed by atoms with Gasteiger partial charge in [-0.05, 0) is 13.0 Å². The number of rotatable bonds is 3. The van der Waals surface area contributed by atoms with Crippen molar-refractivity contribution in [1.82, 2.24) is 9.55 Å². The third kappa shape index (κ3) is 2.31. The van der Waals surface area contributed by atoms with Gasteiger partial charge in [0.2, 0.25) is 6.79 Å². The maximum atomic E-state index is 12.6. The summed E-state index contributed by atoms with van der Waals surface area (Å²) in [5.41, 5.74) is 0.739. The maximum absolute atomic E-state index is 12.6. The zero-order valence-electron chi connectivity index (χ0n) is 14.6. The molecule has 3 aromatic rings. The molecular weight excluding hydrogens is 370 g/mol. The van der Waals surface area contributed by atoms with E-state index in [1.165, 1.54) is 16.7 Å². The molecule has 2 aliphatic heterocycles. The number of fused-ring (bicyclic) bond motifs is 3. The van der Waals surface area contributed by atoms with Gasteiger partial charge < -0.3 is 14.4 Å². The molecule has 0 atom stereocenters. The minimum atomic E-state index is -0.518. The highest BCUT2D eigenvalue weighted by Crippen LogP contribution is 2.42. The first-order valence-electron chi connectivity index (χ1n) is 8.52. The lowest BCUT2D eigenvalue weighted by Crippen LogP contribution is -2.23. The number of aromatic nitrogens is 2. The van der Waals surface area contributed by atoms with Crippen LogP contribution in [0.15, 0.2) is 29.1 Å². The fraction of sp³-hybridized carbons (Fsp3) is 0.222. The molecule has 28 heavy (non-hydrogen) atoms. The number of nitrogens with zero attached hydrogens (tertiary/aromatic N) is 3. The standard InChI is InChI=1S/C18H13N3O7/c1-2-20-12-6-16-15(25-8-26-16)5-10(12)17(19-18(20)22)11-4-14-9(7-27-28-14)3-13(11)21(23)24/h3-6H,2,7-8H2,1H3. The quantitative estimate of drug-likeness (QED) is 0.385. The lowest BCUT2D eigenvalue weighted by Gasteiger charge is -2.12. The summed E-state index contributed by atoms with van der Waals surface area (Å²) in [4.78, 5) is 37.9. The second-order valence-electron chi connectivity index (χ2n) is 6.29. The highest BCUT2D eigenvalue weighted by Gasteiger charge is 2.28. The van der Waals surface area contributed by atoms with E-state index in [-0.39, 0.29) is 30.3 Å². The monoisotopic (exact) mass is 383 g/mol. The Kier molecular flexibility index (Phi) is 3.49. The zero-order valence-corrected chi connectivity index (χ0v) is 14.6. The molecular formula is C18H13N3O7. The molecule has 2 aromatic carbocycles. The number of nitro groups is 1. The Morgan fingerprint density at radius 1 is 1.18 bits per heavy atom. The summed E-state index contributed by atoms with van der Waals surface area (Å²) in [5, 5.41) is 12.2. The summed E-state index contributed by atoms with van der Waals surface area (Å²) < 4.78 is 12.3. The van der Waals surface area contributed by atoms with E-state index in [1.54, 1.807) is 12.1 Å². The smallest absolute Gasteiger partial charge is 0.348 e. The maximum Gasteiger partial charge on any atom is 0.348 e. The molecule has 0 bridgehead atoms. The Balaban J connectivity index is 1.88. The summed E-state index contributed by atoms with van der Waals surface area (Å²) >= 11 is 0. The molecule has 0 aliphatic carbocycles. The predicted molar refractivity (Wildman–Crippen MR) is 95.3 cm³/mol. The van der Waals surface area contributed by atoms with Crippen molar-refractivity contribution < 1.29 is 24.2 Å². The van der Waals surface area contributed by atoms with Gasteiger partial charge in [-0.3, -0.25) is 14.7 Å². The molecule has 0 spiro atoms. The van der Waals surface area contributed by atoms with Crippen LogP contribution in [0.5, 0.6) is 17.2 Å². The van der Waals surface area contributed by atoms with Crippen molar-refractivity contribution in [1.29, 1.82) is 0 Å². The minimum absolute atomic E-state index is 0.0644. The number of benzene rings is 2. The lowest BCUT2D eigenvalue weighted by molar-refractivity contribution is -0.384. The highest BCUT2D eigenvalue weighted by molar-refractivity contribution is 5.97. The Morgan fingerprint density at radius 3 is 2.71 bits per heavy atom. The van der Waals surface area contributed by atoms with Crippen molar-refractivity contribution in [2.24, 2.45) is 0 Å². The molecule has 10 nitrogen and oxygen atoms in total. The molecule has 142 valence electrons. The van der Waals surface area contributed by atoms with Crippen molar-refractivity contribution >= 4 is 16.6 Å². The van der Waals surface area contributed by atoms with Crippen LogP contribution in [0.3, 0.4) is 0 Å². The first-order chi connectivity index (χ1) is 13.6. The summed E-state index contributed by atoms with van der Waals surface area (Å²) in [6.07, 6.45) is 0. The van der Waals surface area contributed by atoms with Gasteiger partial charge in [-0.1, -0.05) is 0 Å². The fourth-order valence-corrected chi connectivity index (χ4v) is 3.47. The summed E-state index contributed by atoms with van der Waals surface area (Å²) in [6, 6.07) is 6.22. The van der Waals surface area contributed by atoms with Gasteiger partial charge in [0.15, 0.2) is 17.2 Å². The Morgan fingerprint density at radius 2 is 1.96 bits per heavy atom. The Labute approximate surface area is 156 Å². The van der Waals surface area contributed by atoms with Crippen LogP contribution >= 0.6 is 0 Å². The molecule has 0 saturated heterocycles. The molecule has 0 saturated carbocycles. The van der Waals surface area contributed by atoms with Gasteiger partial charge in [0.05, 0.1) is 21.7 Å². The number of hydrogen-bond donors (Lipinski definition) is 0. The van der Waals surface area contributed by atoms with Gasteiger partial charge in [-0.25, -0.2) is 4.79 Å². The van der Waals surface area contributed by atoms with Crippen molar-refractivity contribution in [2.75, 3.05) is 6.79 Å². The molecule has 0 amide bonds. The van der Waals surface area contributed by atoms with Crippen LogP contribution in [0, 0.1) is 10.1 Å². The molecule has 0 fully saturated rings. The first-order valence-corrected chi connectivity index (χ1v) is 8.52. The van der Waals surface area contributed by atoms with Crippen LogP contribution < -0.4 is 20.1 Å². The molecule has 2 aliphatic rings. The lowest BCUT2D eigenvalue weighted by atomic mass is 10.0. The van der Waals surface area contributed by atoms with Gasteiger partial charge in [0, 0.05) is 35.7 Å². The van der Waals surface area contributed by atoms with Crippen molar-refractivity contribution in [3.05, 3.63) is 50.4 Å². The molecule has 5 rings (SSSR count). The Hall–Kier alpha value is -3.66. The number of ether oxygens (including phenoxy) is 2. The Bertz CT molecular complexity index is 1220. The predicted octanol–water partition coefficient (Wildman–Crippen LogP) is 2.54. The summed E-state index contributed by atoms with van der Waals surface area (Å²) in [7, 11) is 0. The van der Waals surface area contributed by atoms with Crippen molar-refractivity contribution in [3.63, 3.8) is 0 Å². The van der Waals surface area contributed by atoms with Gasteiger partial charge >= 0.3 is 5.69 Å². The molecule has 10 heteroatoms. The van der Waals surface area contributed by atoms with E-state index >= 15 is 0 Å². The van der Waals surface area contributed by atoms with Crippen LogP contribution in [-0.4, -0.2) is 21.3 Å². The third-order valence-corrected chi connectivity index (χ3v) is 4.79. The molecule has 0 N–H and O–H groups in total. The SMILES string of the molecule is CCn1c(=O)nc(-c2cc3c(cc2[N+](=O)[O-])COO3)c2cc3c(cc21)OCO3. The van der Waals surface area contributed by atoms with Crippen LogP contribution in [0.4, 0.5) is 5.69 Å². The van der Waals surface area contributed by atoms with Crippen LogP contribution in [0.25, 0.3) is 22.2 Å². The van der Waals surface area contributed by atoms with Crippen molar-refractivity contribution in [2.45, 2.75) is 20.1 Å². The van der Waals surface area contributed by atoms with E-state index in [2.05, 4.69) is 4.98 Å². The van der Waals surface area contributed by atoms with Crippen molar-refractivity contribution in [3.8, 4) is 28.5 Å². The largest absolute Gasteiger partial charge is 0.454 e. The number of hydrogen-bond acceptors (Lipinski definition) is 8. The van der Waals surface area contributed by atoms with E-state index in [1.807, 2.05) is 6.92 Å². The number of nitro benzene ring substituents is 1. The zero-order chi connectivity index (χ0) is 19.4. The topological polar surface area (TPSA) is 115 Å². The van der Waals surface area contributed by atoms with Crippen LogP contribution in [0.2, 0.25) is 0 Å². The first kappa shape index (κ1) is 16.5. The highest BCUT2D eigenvalue weighted by atomic mass is 17.2. The van der Waals surface area contributed by atoms with Crippen LogP contribution in [-0.2, 0) is 18.0 Å². The molecule has 0 radical (unpaired) electrons. The van der Waals surface area contributed by atoms with E-state index in [0.717, 1.165) is 0 Å². The van der Waals surface area contributed by atoms with Gasteiger partial charge in [-0.15, -0.1) is 0 Å². The van der Waals surface area contributed by atoms with Gasteiger partial charge in [0.25, 0.3) is 5.69 Å². The normalized spacial score (nSPS) is 14.2. The molecule has 0 unspecified atom stereocenters. The molecule has 3 heterocycles. The van der Waals surface area contributed by atoms with E-state index < -0.39 is 10.6 Å². The van der Waals surface area contributed by atoms with E-state index in [4.69, 9.17) is 19.2 Å². The third-order valence-electron chi connectivity index (χ3n) is 4.79. The fourth-order valence-electron chi connectivity index (χ4n) is 3.47. The van der Waals surface area contributed by atoms with Gasteiger partial charge in [-0.2, -0.15) is 9.87 Å². The number of aryl methyl sites for hydroxylation is 1. The minimum Gasteiger partial charge on any atom is -0.454 e. The van der Waals surface area contributed by atoms with Crippen LogP contribution in [0.1, 0.15) is 12.5 Å². The van der Waals surface area contributed by atoms with Gasteiger partial charge in [0.1, 0.15) is 6.61 Å². The second kappa shape index (κ2) is 5.92. The summed E-state index contributed by atoms with van der Waals surface area (Å²) in [6.45, 7) is 2.37. The van der Waals surface area contributed by atoms with E-state index in [9.17, 15) is 14.9 Å². The average Bonchev–Trinajstić information content (AvgIpc) is 3.33. The molecule has 1 aromatic heterocycles. The second-order valence-corrected chi connectivity index (χ2v) is 6.29. The average molecular weight is 383 g/mol.